The molecule has 1 saturated heterocycles. The van der Waals surface area contributed by atoms with Crippen molar-refractivity contribution in [1.82, 2.24) is 20.0 Å². The summed E-state index contributed by atoms with van der Waals surface area (Å²) < 4.78 is 7.08. The fraction of sp³-hybridized carbons (Fsp3) is 0.500. The standard InChI is InChI=1S/C22H30N4O3/c1-22(2,3)29-21(28)23-13-12-19-18(20(27)25-14-8-5-9-15-25)16-24-26(19)17-10-6-4-7-11-17/h4,6-7,10-11,16H,5,8-9,12-15H2,1-3H3,(H,23,28). The molecule has 29 heavy (non-hydrogen) atoms. The van der Waals surface area contributed by atoms with E-state index in [0.29, 0.717) is 18.5 Å². The zero-order chi connectivity index (χ0) is 20.9. The van der Waals surface area contributed by atoms with Gasteiger partial charge in [-0.15, -0.1) is 0 Å². The van der Waals surface area contributed by atoms with Gasteiger partial charge in [-0.2, -0.15) is 5.10 Å². The molecule has 3 rings (SSSR count). The minimum absolute atomic E-state index is 0.0131. The van der Waals surface area contributed by atoms with E-state index in [0.717, 1.165) is 37.3 Å². The van der Waals surface area contributed by atoms with Crippen molar-refractivity contribution < 1.29 is 14.3 Å². The SMILES string of the molecule is CC(C)(C)OC(=O)NCCc1c(C(=O)N2CCCCC2)cnn1-c1ccccc1. The predicted molar refractivity (Wildman–Crippen MR) is 111 cm³/mol. The van der Waals surface area contributed by atoms with Crippen molar-refractivity contribution in [2.45, 2.75) is 52.1 Å². The highest BCUT2D eigenvalue weighted by molar-refractivity contribution is 5.95. The van der Waals surface area contributed by atoms with Crippen LogP contribution in [0, 0.1) is 0 Å². The molecule has 2 heterocycles. The van der Waals surface area contributed by atoms with E-state index in [-0.39, 0.29) is 5.91 Å². The maximum absolute atomic E-state index is 13.1. The smallest absolute Gasteiger partial charge is 0.407 e. The number of aromatic nitrogens is 2. The lowest BCUT2D eigenvalue weighted by Crippen LogP contribution is -2.36. The highest BCUT2D eigenvalue weighted by atomic mass is 16.6. The molecule has 0 unspecified atom stereocenters. The molecule has 7 heteroatoms. The van der Waals surface area contributed by atoms with Crippen LogP contribution in [-0.2, 0) is 11.2 Å². The van der Waals surface area contributed by atoms with E-state index < -0.39 is 11.7 Å². The van der Waals surface area contributed by atoms with Gasteiger partial charge in [0.25, 0.3) is 5.91 Å². The monoisotopic (exact) mass is 398 g/mol. The zero-order valence-electron chi connectivity index (χ0n) is 17.5. The minimum Gasteiger partial charge on any atom is -0.444 e. The lowest BCUT2D eigenvalue weighted by molar-refractivity contribution is 0.0528. The Morgan fingerprint density at radius 1 is 1.10 bits per heavy atom. The Balaban J connectivity index is 1.79. The Morgan fingerprint density at radius 3 is 2.45 bits per heavy atom. The van der Waals surface area contributed by atoms with Gasteiger partial charge in [-0.05, 0) is 52.2 Å². The van der Waals surface area contributed by atoms with Crippen molar-refractivity contribution in [3.8, 4) is 5.69 Å². The maximum atomic E-state index is 13.1. The molecule has 1 aliphatic heterocycles. The summed E-state index contributed by atoms with van der Waals surface area (Å²) in [5.74, 6) is 0.0131. The van der Waals surface area contributed by atoms with E-state index in [2.05, 4.69) is 10.4 Å². The number of para-hydroxylation sites is 1. The summed E-state index contributed by atoms with van der Waals surface area (Å²) in [4.78, 5) is 27.0. The van der Waals surface area contributed by atoms with Gasteiger partial charge < -0.3 is 15.0 Å². The van der Waals surface area contributed by atoms with Gasteiger partial charge in [0.05, 0.1) is 23.1 Å². The fourth-order valence-electron chi connectivity index (χ4n) is 3.45. The van der Waals surface area contributed by atoms with Gasteiger partial charge in [0.1, 0.15) is 5.60 Å². The summed E-state index contributed by atoms with van der Waals surface area (Å²) >= 11 is 0. The van der Waals surface area contributed by atoms with E-state index in [1.807, 2.05) is 56.0 Å². The molecule has 0 radical (unpaired) electrons. The first-order valence-electron chi connectivity index (χ1n) is 10.2. The molecule has 2 amide bonds. The number of carbonyl (C=O) groups excluding carboxylic acids is 2. The highest BCUT2D eigenvalue weighted by Crippen LogP contribution is 2.20. The van der Waals surface area contributed by atoms with Gasteiger partial charge in [-0.3, -0.25) is 4.79 Å². The third-order valence-electron chi connectivity index (χ3n) is 4.77. The molecule has 1 aromatic heterocycles. The topological polar surface area (TPSA) is 76.5 Å². The molecule has 0 spiro atoms. The molecule has 7 nitrogen and oxygen atoms in total. The average molecular weight is 399 g/mol. The van der Waals surface area contributed by atoms with Crippen molar-refractivity contribution in [2.75, 3.05) is 19.6 Å². The van der Waals surface area contributed by atoms with Crippen LogP contribution >= 0.6 is 0 Å². The number of benzene rings is 1. The Labute approximate surface area is 172 Å². The van der Waals surface area contributed by atoms with Crippen LogP contribution in [0.2, 0.25) is 0 Å². The molecule has 0 atom stereocenters. The van der Waals surface area contributed by atoms with Gasteiger partial charge >= 0.3 is 6.09 Å². The largest absolute Gasteiger partial charge is 0.444 e. The number of ether oxygens (including phenoxy) is 1. The number of nitrogens with one attached hydrogen (secondary N) is 1. The van der Waals surface area contributed by atoms with Crippen molar-refractivity contribution in [1.29, 1.82) is 0 Å². The molecule has 0 bridgehead atoms. The number of amides is 2. The zero-order valence-corrected chi connectivity index (χ0v) is 17.5. The molecule has 1 aromatic carbocycles. The number of hydrogen-bond acceptors (Lipinski definition) is 4. The second kappa shape index (κ2) is 9.11. The quantitative estimate of drug-likeness (QED) is 0.835. The predicted octanol–water partition coefficient (Wildman–Crippen LogP) is 3.57. The number of hydrogen-bond donors (Lipinski definition) is 1. The Hall–Kier alpha value is -2.83. The summed E-state index contributed by atoms with van der Waals surface area (Å²) in [6.07, 6.45) is 4.89. The Bertz CT molecular complexity index is 833. The first-order chi connectivity index (χ1) is 13.8. The molecule has 1 N–H and O–H groups in total. The van der Waals surface area contributed by atoms with Crippen LogP contribution in [0.4, 0.5) is 4.79 Å². The molecule has 156 valence electrons. The fourth-order valence-corrected chi connectivity index (χ4v) is 3.45. The Kier molecular flexibility index (Phi) is 6.56. The number of piperidine rings is 1. The van der Waals surface area contributed by atoms with Crippen LogP contribution in [0.1, 0.15) is 56.1 Å². The molecule has 0 aliphatic carbocycles. The minimum atomic E-state index is -0.550. The van der Waals surface area contributed by atoms with E-state index in [4.69, 9.17) is 4.74 Å². The molecule has 2 aromatic rings. The summed E-state index contributed by atoms with van der Waals surface area (Å²) in [7, 11) is 0. The Morgan fingerprint density at radius 2 is 1.79 bits per heavy atom. The van der Waals surface area contributed by atoms with Crippen LogP contribution in [0.15, 0.2) is 36.5 Å². The summed E-state index contributed by atoms with van der Waals surface area (Å²) in [5.41, 5.74) is 1.73. The number of likely N-dealkylation sites (tertiary alicyclic amines) is 1. The van der Waals surface area contributed by atoms with Crippen LogP contribution in [0.25, 0.3) is 5.69 Å². The normalized spacial score (nSPS) is 14.5. The molecular weight excluding hydrogens is 368 g/mol. The lowest BCUT2D eigenvalue weighted by atomic mass is 10.1. The summed E-state index contributed by atoms with van der Waals surface area (Å²) in [5, 5.41) is 7.26. The van der Waals surface area contributed by atoms with Crippen LogP contribution in [0.3, 0.4) is 0 Å². The lowest BCUT2D eigenvalue weighted by Gasteiger charge is -2.26. The van der Waals surface area contributed by atoms with Gasteiger partial charge in [-0.1, -0.05) is 18.2 Å². The average Bonchev–Trinajstić information content (AvgIpc) is 3.11. The van der Waals surface area contributed by atoms with Gasteiger partial charge in [-0.25, -0.2) is 9.48 Å². The molecular formula is C22H30N4O3. The van der Waals surface area contributed by atoms with Crippen LogP contribution in [-0.4, -0.2) is 51.9 Å². The first-order valence-corrected chi connectivity index (χ1v) is 10.2. The van der Waals surface area contributed by atoms with E-state index in [9.17, 15) is 9.59 Å². The number of nitrogens with zero attached hydrogens (tertiary/aromatic N) is 3. The second-order valence-corrected chi connectivity index (χ2v) is 8.28. The van der Waals surface area contributed by atoms with Crippen molar-refractivity contribution in [3.63, 3.8) is 0 Å². The van der Waals surface area contributed by atoms with Crippen molar-refractivity contribution >= 4 is 12.0 Å². The summed E-state index contributed by atoms with van der Waals surface area (Å²) in [6, 6.07) is 9.72. The molecule has 1 fully saturated rings. The molecule has 0 saturated carbocycles. The number of rotatable bonds is 5. The van der Waals surface area contributed by atoms with Gasteiger partial charge in [0, 0.05) is 26.1 Å². The van der Waals surface area contributed by atoms with Gasteiger partial charge in [0.15, 0.2) is 0 Å². The summed E-state index contributed by atoms with van der Waals surface area (Å²) in [6.45, 7) is 7.40. The van der Waals surface area contributed by atoms with E-state index in [1.54, 1.807) is 10.9 Å². The second-order valence-electron chi connectivity index (χ2n) is 8.28. The third kappa shape index (κ3) is 5.59. The van der Waals surface area contributed by atoms with Crippen LogP contribution < -0.4 is 5.32 Å². The van der Waals surface area contributed by atoms with Crippen molar-refractivity contribution in [2.24, 2.45) is 0 Å². The highest BCUT2D eigenvalue weighted by Gasteiger charge is 2.24. The van der Waals surface area contributed by atoms with Crippen molar-refractivity contribution in [3.05, 3.63) is 47.8 Å². The first kappa shape index (κ1) is 20.9. The van der Waals surface area contributed by atoms with E-state index in [1.165, 1.54) is 6.42 Å². The number of alkyl carbamates (subject to hydrolysis) is 1. The van der Waals surface area contributed by atoms with E-state index >= 15 is 0 Å². The van der Waals surface area contributed by atoms with Gasteiger partial charge in [0.2, 0.25) is 0 Å². The third-order valence-corrected chi connectivity index (χ3v) is 4.77. The van der Waals surface area contributed by atoms with Crippen LogP contribution in [0.5, 0.6) is 0 Å². The molecule has 1 aliphatic rings. The maximum Gasteiger partial charge on any atom is 0.407 e. The number of carbonyl (C=O) groups is 2.